The summed E-state index contributed by atoms with van der Waals surface area (Å²) in [6, 6.07) is 10.4. The number of rotatable bonds is 16. The highest BCUT2D eigenvalue weighted by Crippen LogP contribution is 2.37. The predicted molar refractivity (Wildman–Crippen MR) is 313 cm³/mol. The van der Waals surface area contributed by atoms with Crippen molar-refractivity contribution < 1.29 is 33.1 Å². The molecule has 21 heteroatoms. The number of hydrogen-bond donors (Lipinski definition) is 4. The van der Waals surface area contributed by atoms with E-state index in [-0.39, 0.29) is 66.7 Å². The lowest BCUT2D eigenvalue weighted by Crippen LogP contribution is -2.66. The molecule has 0 unspecified atom stereocenters. The molecule has 79 heavy (non-hydrogen) atoms. The van der Waals surface area contributed by atoms with E-state index in [1.165, 1.54) is 17.0 Å². The number of nitrogens with zero attached hydrogens (tertiary/aromatic N) is 9. The van der Waals surface area contributed by atoms with Crippen molar-refractivity contribution in [3.63, 3.8) is 0 Å². The third kappa shape index (κ3) is 14.0. The third-order valence-corrected chi connectivity index (χ3v) is 19.4. The van der Waals surface area contributed by atoms with Gasteiger partial charge in [-0.25, -0.2) is 23.7 Å². The number of nitrogens with one attached hydrogen (secondary N) is 3. The fourth-order valence-electron chi connectivity index (χ4n) is 12.0. The quantitative estimate of drug-likeness (QED) is 0.0687. The molecule has 5 aliphatic heterocycles. The molecule has 4 aromatic rings. The molecule has 0 bridgehead atoms. The first-order chi connectivity index (χ1) is 37.4. The lowest BCUT2D eigenvalue weighted by atomic mass is 9.82. The highest BCUT2D eigenvalue weighted by atomic mass is 127. The van der Waals surface area contributed by atoms with Crippen LogP contribution in [0, 0.1) is 35.3 Å². The Balaban J connectivity index is 0.741. The monoisotopic (exact) mass is 1220 g/mol. The van der Waals surface area contributed by atoms with Crippen LogP contribution in [0.2, 0.25) is 0 Å². The van der Waals surface area contributed by atoms with Crippen molar-refractivity contribution in [2.45, 2.75) is 127 Å². The van der Waals surface area contributed by atoms with Gasteiger partial charge >= 0.3 is 0 Å². The summed E-state index contributed by atoms with van der Waals surface area (Å²) < 4.78 is 31.8. The van der Waals surface area contributed by atoms with Crippen molar-refractivity contribution in [2.75, 3.05) is 93.7 Å². The number of anilines is 3. The number of aliphatic hydroxyl groups excluding tert-OH is 1. The number of hydrogen-bond acceptors (Lipinski definition) is 14. The maximum Gasteiger partial charge on any atom is 0.246 e. The van der Waals surface area contributed by atoms with Gasteiger partial charge in [-0.3, -0.25) is 24.1 Å². The molecule has 2 aromatic carbocycles. The SMILES string of the molecule is Cc1ncsc1-c1ccc([C@H](C)NC(=O)[C@@H]2C[C@@H](O)CN2C(=O)[C@@H](NC(=O)CCN(C)C[C@@H]2CN(c3cc(N4CCC5(CC4)CN(c4cc(F)c(CN6CCC(C)(C)CC6)cc4F)CC(=O)N5)ncn3)C[C@@H]2I)C(C)(C)C)cc1. The van der Waals surface area contributed by atoms with Crippen LogP contribution in [-0.4, -0.2) is 165 Å². The van der Waals surface area contributed by atoms with E-state index >= 15 is 8.78 Å². The van der Waals surface area contributed by atoms with E-state index in [2.05, 4.69) is 86.9 Å². The number of amides is 4. The van der Waals surface area contributed by atoms with E-state index in [4.69, 9.17) is 0 Å². The molecule has 1 spiro atoms. The third-order valence-electron chi connectivity index (χ3n) is 17.0. The molecule has 4 amide bonds. The van der Waals surface area contributed by atoms with Gasteiger partial charge in [-0.1, -0.05) is 81.5 Å². The molecule has 0 aliphatic carbocycles. The average molecular weight is 1220 g/mol. The Bertz CT molecular complexity index is 2830. The van der Waals surface area contributed by atoms with Gasteiger partial charge in [-0.2, -0.15) is 0 Å². The summed E-state index contributed by atoms with van der Waals surface area (Å²) in [5, 5.41) is 20.1. The van der Waals surface area contributed by atoms with Crippen LogP contribution in [0.15, 0.2) is 54.3 Å². The van der Waals surface area contributed by atoms with Crippen molar-refractivity contribution in [3.8, 4) is 10.4 Å². The van der Waals surface area contributed by atoms with E-state index in [1.54, 1.807) is 22.6 Å². The molecule has 5 aliphatic rings. The number of thiazole rings is 1. The smallest absolute Gasteiger partial charge is 0.246 e. The van der Waals surface area contributed by atoms with E-state index in [1.807, 2.05) is 77.5 Å². The second kappa shape index (κ2) is 24.2. The molecular weight excluding hydrogens is 1140 g/mol. The van der Waals surface area contributed by atoms with Crippen LogP contribution in [0.4, 0.5) is 26.1 Å². The number of piperazine rings is 1. The lowest BCUT2D eigenvalue weighted by molar-refractivity contribution is -0.144. The van der Waals surface area contributed by atoms with Crippen LogP contribution in [-0.2, 0) is 25.7 Å². The van der Waals surface area contributed by atoms with Crippen LogP contribution in [0.3, 0.4) is 0 Å². The minimum Gasteiger partial charge on any atom is -0.391 e. The Morgan fingerprint density at radius 1 is 0.924 bits per heavy atom. The zero-order valence-electron chi connectivity index (χ0n) is 47.0. The van der Waals surface area contributed by atoms with Gasteiger partial charge in [0.1, 0.15) is 41.7 Å². The average Bonchev–Trinajstić information content (AvgIpc) is 4.24. The number of aromatic nitrogens is 3. The predicted octanol–water partition coefficient (Wildman–Crippen LogP) is 6.72. The largest absolute Gasteiger partial charge is 0.391 e. The van der Waals surface area contributed by atoms with Crippen LogP contribution in [0.5, 0.6) is 0 Å². The summed E-state index contributed by atoms with van der Waals surface area (Å²) in [5.41, 5.74) is 4.17. The Morgan fingerprint density at radius 3 is 2.29 bits per heavy atom. The second-order valence-corrected chi connectivity index (χ2v) is 27.3. The molecule has 428 valence electrons. The molecule has 4 N–H and O–H groups in total. The van der Waals surface area contributed by atoms with Crippen LogP contribution in [0.25, 0.3) is 10.4 Å². The van der Waals surface area contributed by atoms with Gasteiger partial charge in [0, 0.05) is 99.3 Å². The van der Waals surface area contributed by atoms with E-state index in [9.17, 15) is 24.3 Å². The first-order valence-electron chi connectivity index (χ1n) is 27.9. The molecule has 9 rings (SSSR count). The van der Waals surface area contributed by atoms with Gasteiger partial charge in [0.2, 0.25) is 23.6 Å². The van der Waals surface area contributed by atoms with Crippen molar-refractivity contribution in [1.82, 2.24) is 45.6 Å². The minimum atomic E-state index is -0.926. The maximum absolute atomic E-state index is 15.8. The number of halogens is 3. The number of carbonyl (C=O) groups is 4. The number of benzene rings is 2. The van der Waals surface area contributed by atoms with E-state index < -0.39 is 46.7 Å². The molecule has 6 atom stereocenters. The zero-order chi connectivity index (χ0) is 56.6. The molecule has 7 heterocycles. The van der Waals surface area contributed by atoms with Crippen LogP contribution < -0.4 is 30.7 Å². The number of aryl methyl sites for hydroxylation is 1. The fourth-order valence-corrected chi connectivity index (χ4v) is 13.7. The molecule has 17 nitrogen and oxygen atoms in total. The summed E-state index contributed by atoms with van der Waals surface area (Å²) >= 11 is 4.08. The van der Waals surface area contributed by atoms with Gasteiger partial charge < -0.3 is 45.6 Å². The van der Waals surface area contributed by atoms with E-state index in [0.717, 1.165) is 78.9 Å². The Morgan fingerprint density at radius 2 is 1.62 bits per heavy atom. The molecule has 5 fully saturated rings. The lowest BCUT2D eigenvalue weighted by Gasteiger charge is -2.48. The van der Waals surface area contributed by atoms with Crippen molar-refractivity contribution >= 4 is 74.9 Å². The van der Waals surface area contributed by atoms with Gasteiger partial charge in [0.15, 0.2) is 0 Å². The molecular formula is C58H79F2IN12O5S. The summed E-state index contributed by atoms with van der Waals surface area (Å²) in [4.78, 5) is 81.8. The highest BCUT2D eigenvalue weighted by molar-refractivity contribution is 14.1. The zero-order valence-corrected chi connectivity index (χ0v) is 50.0. The Hall–Kier alpha value is -5.10. The standard InChI is InChI=1S/C58H79F2IN12O5S/c1-36(38-9-11-39(12-10-38)52-37(2)64-35-79-52)65-54(77)47-24-42(74)30-73(47)55(78)53(56(3,4)5)66-50(75)13-18-68(8)27-41-29-71(31-45(41)61)49-26-48(62-34-63-49)70-21-16-58(17-22-70)33-72(32-51(76)67-58)46-25-43(59)40(23-44(46)60)28-69-19-14-57(6,7)15-20-69/h9-12,23,25-26,34-36,41-42,45,47,53,74H,13-22,24,27-33H2,1-8H3,(H,65,77)(H,66,75)(H,67,76)/t36-,41+,42+,45-,47-,53+/m0/s1. The fraction of sp³-hybridized carbons (Fsp3) is 0.603. The molecule has 0 radical (unpaired) electrons. The highest BCUT2D eigenvalue weighted by Gasteiger charge is 2.46. The topological polar surface area (TPSA) is 183 Å². The number of alkyl halides is 1. The van der Waals surface area contributed by atoms with Gasteiger partial charge in [-0.05, 0) is 87.7 Å². The van der Waals surface area contributed by atoms with Crippen molar-refractivity contribution in [3.05, 3.63) is 82.8 Å². The molecule has 0 saturated carbocycles. The molecule has 5 saturated heterocycles. The van der Waals surface area contributed by atoms with Crippen molar-refractivity contribution in [1.29, 1.82) is 0 Å². The molecule has 2 aromatic heterocycles. The van der Waals surface area contributed by atoms with Crippen LogP contribution >= 0.6 is 33.9 Å². The summed E-state index contributed by atoms with van der Waals surface area (Å²) in [7, 11) is 2.00. The number of β-amino-alcohol motifs (C(OH)–C–C–N with tert-alkyl or cyclic N) is 1. The van der Waals surface area contributed by atoms with E-state index in [0.29, 0.717) is 55.1 Å². The normalized spacial score (nSPS) is 23.3. The maximum atomic E-state index is 15.8. The Kier molecular flexibility index (Phi) is 17.9. The summed E-state index contributed by atoms with van der Waals surface area (Å²) in [6.45, 7) is 20.4. The van der Waals surface area contributed by atoms with Gasteiger partial charge in [-0.15, -0.1) is 11.3 Å². The summed E-state index contributed by atoms with van der Waals surface area (Å²) in [6.07, 6.45) is 4.22. The first kappa shape index (κ1) is 58.6. The number of likely N-dealkylation sites (tertiary alicyclic amines) is 2. The number of carbonyl (C=O) groups excluding carboxylic acids is 4. The van der Waals surface area contributed by atoms with Gasteiger partial charge in [0.25, 0.3) is 0 Å². The number of piperidine rings is 2. The first-order valence-corrected chi connectivity index (χ1v) is 30.1. The van der Waals surface area contributed by atoms with Gasteiger partial charge in [0.05, 0.1) is 46.0 Å². The Labute approximate surface area is 481 Å². The summed E-state index contributed by atoms with van der Waals surface area (Å²) in [5.74, 6) is -0.303. The van der Waals surface area contributed by atoms with Crippen molar-refractivity contribution in [2.24, 2.45) is 16.7 Å². The second-order valence-electron chi connectivity index (χ2n) is 24.8. The minimum absolute atomic E-state index is 0.00598. The van der Waals surface area contributed by atoms with Crippen LogP contribution in [0.1, 0.15) is 103 Å². The number of aliphatic hydroxyl groups is 1.